The van der Waals surface area contributed by atoms with E-state index in [2.05, 4.69) is 10.3 Å². The second-order valence-corrected chi connectivity index (χ2v) is 5.54. The van der Waals surface area contributed by atoms with Crippen LogP contribution in [0.5, 0.6) is 0 Å². The van der Waals surface area contributed by atoms with Gasteiger partial charge in [-0.1, -0.05) is 18.2 Å². The molecule has 1 aromatic heterocycles. The third-order valence-corrected chi connectivity index (χ3v) is 3.34. The number of carbonyl (C=O) groups is 2. The quantitative estimate of drug-likeness (QED) is 0.780. The van der Waals surface area contributed by atoms with Gasteiger partial charge in [0, 0.05) is 11.9 Å². The molecule has 0 saturated heterocycles. The molecule has 0 atom stereocenters. The van der Waals surface area contributed by atoms with E-state index in [0.29, 0.717) is 16.5 Å². The maximum absolute atomic E-state index is 12.3. The number of hydrogen-bond acceptors (Lipinski definition) is 4. The molecule has 1 heterocycles. The zero-order valence-corrected chi connectivity index (χ0v) is 12.0. The van der Waals surface area contributed by atoms with Crippen molar-refractivity contribution in [2.24, 2.45) is 11.1 Å². The van der Waals surface area contributed by atoms with Crippen molar-refractivity contribution in [3.05, 3.63) is 35.9 Å². The van der Waals surface area contributed by atoms with Crippen molar-refractivity contribution in [2.45, 2.75) is 13.8 Å². The summed E-state index contributed by atoms with van der Waals surface area (Å²) in [5.74, 6) is -0.510. The van der Waals surface area contributed by atoms with Gasteiger partial charge in [0.15, 0.2) is 0 Å². The second-order valence-electron chi connectivity index (χ2n) is 5.54. The number of nitrogens with one attached hydrogen (secondary N) is 1. The zero-order valence-electron chi connectivity index (χ0n) is 12.0. The summed E-state index contributed by atoms with van der Waals surface area (Å²) in [5.41, 5.74) is 11.3. The molecule has 2 rings (SSSR count). The fourth-order valence-electron chi connectivity index (χ4n) is 1.87. The number of nitrogen functional groups attached to an aromatic ring is 1. The van der Waals surface area contributed by atoms with Gasteiger partial charge < -0.3 is 16.8 Å². The Kier molecular flexibility index (Phi) is 3.80. The number of amides is 2. The lowest BCUT2D eigenvalue weighted by Crippen LogP contribution is -2.42. The van der Waals surface area contributed by atoms with E-state index >= 15 is 0 Å². The van der Waals surface area contributed by atoms with Crippen molar-refractivity contribution in [3.63, 3.8) is 0 Å². The summed E-state index contributed by atoms with van der Waals surface area (Å²) in [6.07, 6.45) is 0. The normalized spacial score (nSPS) is 11.3. The van der Waals surface area contributed by atoms with Crippen molar-refractivity contribution in [1.29, 1.82) is 0 Å². The summed E-state index contributed by atoms with van der Waals surface area (Å²) in [6.45, 7) is 3.50. The van der Waals surface area contributed by atoms with Crippen LogP contribution < -0.4 is 16.8 Å². The second kappa shape index (κ2) is 5.40. The fourth-order valence-corrected chi connectivity index (χ4v) is 1.87. The average Bonchev–Trinajstić information content (AvgIpc) is 2.43. The highest BCUT2D eigenvalue weighted by Gasteiger charge is 2.26. The number of rotatable bonds is 4. The molecule has 110 valence electrons. The van der Waals surface area contributed by atoms with Crippen molar-refractivity contribution in [1.82, 2.24) is 10.3 Å². The number of nitrogens with two attached hydrogens (primary N) is 2. The number of fused-ring (bicyclic) bond motifs is 1. The number of hydrogen-bond donors (Lipinski definition) is 3. The van der Waals surface area contributed by atoms with Crippen LogP contribution in [-0.2, 0) is 4.79 Å². The van der Waals surface area contributed by atoms with Gasteiger partial charge in [-0.3, -0.25) is 9.59 Å². The Bertz CT molecular complexity index is 710. The van der Waals surface area contributed by atoms with Crippen LogP contribution in [0.1, 0.15) is 24.2 Å². The van der Waals surface area contributed by atoms with Gasteiger partial charge in [-0.25, -0.2) is 4.98 Å². The van der Waals surface area contributed by atoms with Gasteiger partial charge in [0.05, 0.1) is 16.5 Å². The number of nitrogens with zero attached hydrogens (tertiary/aromatic N) is 1. The molecule has 0 bridgehead atoms. The SMILES string of the molecule is CC(C)(CNC(=O)c1cc(N)nc2ccccc12)C(N)=O. The Hall–Kier alpha value is -2.63. The van der Waals surface area contributed by atoms with Gasteiger partial charge in [-0.15, -0.1) is 0 Å². The number of carbonyl (C=O) groups excluding carboxylic acids is 2. The van der Waals surface area contributed by atoms with Gasteiger partial charge >= 0.3 is 0 Å². The predicted octanol–water partition coefficient (Wildman–Crippen LogP) is 1.06. The largest absolute Gasteiger partial charge is 0.384 e. The Morgan fingerprint density at radius 1 is 1.29 bits per heavy atom. The van der Waals surface area contributed by atoms with Gasteiger partial charge in [0.25, 0.3) is 5.91 Å². The number of primary amides is 1. The highest BCUT2D eigenvalue weighted by molar-refractivity contribution is 6.07. The summed E-state index contributed by atoms with van der Waals surface area (Å²) in [4.78, 5) is 27.8. The van der Waals surface area contributed by atoms with E-state index in [9.17, 15) is 9.59 Å². The highest BCUT2D eigenvalue weighted by atomic mass is 16.2. The Morgan fingerprint density at radius 3 is 2.62 bits per heavy atom. The lowest BCUT2D eigenvalue weighted by atomic mass is 9.92. The Morgan fingerprint density at radius 2 is 1.95 bits per heavy atom. The molecule has 2 aromatic rings. The highest BCUT2D eigenvalue weighted by Crippen LogP contribution is 2.20. The minimum absolute atomic E-state index is 0.151. The molecular formula is C15H18N4O2. The molecule has 6 heteroatoms. The summed E-state index contributed by atoms with van der Waals surface area (Å²) < 4.78 is 0. The third-order valence-electron chi connectivity index (χ3n) is 3.34. The third kappa shape index (κ3) is 3.10. The Labute approximate surface area is 122 Å². The van der Waals surface area contributed by atoms with Crippen LogP contribution in [0.4, 0.5) is 5.82 Å². The van der Waals surface area contributed by atoms with Crippen LogP contribution in [0.15, 0.2) is 30.3 Å². The summed E-state index contributed by atoms with van der Waals surface area (Å²) >= 11 is 0. The Balaban J connectivity index is 2.30. The van der Waals surface area contributed by atoms with Crippen molar-refractivity contribution < 1.29 is 9.59 Å². The first-order valence-corrected chi connectivity index (χ1v) is 6.54. The summed E-state index contributed by atoms with van der Waals surface area (Å²) in [7, 11) is 0. The molecule has 5 N–H and O–H groups in total. The van der Waals surface area contributed by atoms with Gasteiger partial charge in [0.1, 0.15) is 5.82 Å². The maximum atomic E-state index is 12.3. The maximum Gasteiger partial charge on any atom is 0.252 e. The van der Waals surface area contributed by atoms with Crippen LogP contribution in [0, 0.1) is 5.41 Å². The summed E-state index contributed by atoms with van der Waals surface area (Å²) in [6, 6.07) is 8.76. The predicted molar refractivity (Wildman–Crippen MR) is 81.5 cm³/mol. The van der Waals surface area contributed by atoms with Gasteiger partial charge in [-0.2, -0.15) is 0 Å². The molecule has 0 aliphatic heterocycles. The molecule has 0 saturated carbocycles. The number of benzene rings is 1. The average molecular weight is 286 g/mol. The molecule has 21 heavy (non-hydrogen) atoms. The van der Waals surface area contributed by atoms with Crippen LogP contribution in [0.2, 0.25) is 0 Å². The number of anilines is 1. The van der Waals surface area contributed by atoms with E-state index in [0.717, 1.165) is 0 Å². The van der Waals surface area contributed by atoms with E-state index in [4.69, 9.17) is 11.5 Å². The number of para-hydroxylation sites is 1. The zero-order chi connectivity index (χ0) is 15.6. The monoisotopic (exact) mass is 286 g/mol. The van der Waals surface area contributed by atoms with Crippen molar-refractivity contribution in [3.8, 4) is 0 Å². The van der Waals surface area contributed by atoms with E-state index < -0.39 is 11.3 Å². The summed E-state index contributed by atoms with van der Waals surface area (Å²) in [5, 5.41) is 3.43. The lowest BCUT2D eigenvalue weighted by Gasteiger charge is -2.21. The molecule has 1 aromatic carbocycles. The lowest BCUT2D eigenvalue weighted by molar-refractivity contribution is -0.125. The standard InChI is InChI=1S/C15H18N4O2/c1-15(2,14(17)21)8-18-13(20)10-7-12(16)19-11-6-4-3-5-9(10)11/h3-7H,8H2,1-2H3,(H2,16,19)(H2,17,21)(H,18,20). The van der Waals surface area contributed by atoms with E-state index in [-0.39, 0.29) is 18.3 Å². The molecule has 0 unspecified atom stereocenters. The van der Waals surface area contributed by atoms with Crippen molar-refractivity contribution >= 4 is 28.5 Å². The molecule has 0 radical (unpaired) electrons. The minimum Gasteiger partial charge on any atom is -0.384 e. The molecule has 0 aliphatic carbocycles. The van der Waals surface area contributed by atoms with Gasteiger partial charge in [0.2, 0.25) is 5.91 Å². The van der Waals surface area contributed by atoms with Crippen LogP contribution in [0.3, 0.4) is 0 Å². The van der Waals surface area contributed by atoms with Gasteiger partial charge in [-0.05, 0) is 26.0 Å². The minimum atomic E-state index is -0.815. The first kappa shape index (κ1) is 14.8. The molecule has 0 fully saturated rings. The van der Waals surface area contributed by atoms with E-state index in [1.165, 1.54) is 6.07 Å². The number of aromatic nitrogens is 1. The molecule has 6 nitrogen and oxygen atoms in total. The van der Waals surface area contributed by atoms with Crippen LogP contribution >= 0.6 is 0 Å². The first-order chi connectivity index (χ1) is 9.81. The number of pyridine rings is 1. The van der Waals surface area contributed by atoms with E-state index in [1.54, 1.807) is 26.0 Å². The molecule has 0 aliphatic rings. The van der Waals surface area contributed by atoms with E-state index in [1.807, 2.05) is 12.1 Å². The molecule has 2 amide bonds. The molecular weight excluding hydrogens is 268 g/mol. The fraction of sp³-hybridized carbons (Fsp3) is 0.267. The van der Waals surface area contributed by atoms with Crippen LogP contribution in [-0.4, -0.2) is 23.3 Å². The van der Waals surface area contributed by atoms with Crippen molar-refractivity contribution in [2.75, 3.05) is 12.3 Å². The van der Waals surface area contributed by atoms with Crippen LogP contribution in [0.25, 0.3) is 10.9 Å². The topological polar surface area (TPSA) is 111 Å². The first-order valence-electron chi connectivity index (χ1n) is 6.54. The molecule has 0 spiro atoms. The smallest absolute Gasteiger partial charge is 0.252 e.